The predicted molar refractivity (Wildman–Crippen MR) is 67.4 cm³/mol. The Morgan fingerprint density at radius 1 is 1.19 bits per heavy atom. The highest BCUT2D eigenvalue weighted by molar-refractivity contribution is 5.89. The molecule has 21 heavy (non-hydrogen) atoms. The van der Waals surface area contributed by atoms with Crippen LogP contribution in [-0.4, -0.2) is 23.5 Å². The molecule has 0 heterocycles. The van der Waals surface area contributed by atoms with E-state index in [0.29, 0.717) is 18.4 Å². The molecule has 1 fully saturated rings. The minimum Gasteiger partial charge on any atom is -0.481 e. The molecule has 1 aliphatic carbocycles. The molecule has 1 aromatic rings. The zero-order valence-corrected chi connectivity index (χ0v) is 11.0. The number of aliphatic carboxylic acids is 1. The summed E-state index contributed by atoms with van der Waals surface area (Å²) >= 11 is 0. The second-order valence-electron chi connectivity index (χ2n) is 5.02. The van der Waals surface area contributed by atoms with Crippen LogP contribution < -0.4 is 5.32 Å². The highest BCUT2D eigenvalue weighted by Crippen LogP contribution is 2.38. The minimum absolute atomic E-state index is 0.271. The monoisotopic (exact) mass is 301 g/mol. The van der Waals surface area contributed by atoms with E-state index in [-0.39, 0.29) is 12.5 Å². The molecule has 2 atom stereocenters. The fourth-order valence-corrected chi connectivity index (χ4v) is 2.08. The van der Waals surface area contributed by atoms with Crippen LogP contribution in [-0.2, 0) is 22.2 Å². The van der Waals surface area contributed by atoms with E-state index < -0.39 is 29.5 Å². The lowest BCUT2D eigenvalue weighted by atomic mass is 10.1. The first-order chi connectivity index (χ1) is 9.79. The Kier molecular flexibility index (Phi) is 4.20. The number of hydrogen-bond acceptors (Lipinski definition) is 2. The Labute approximate surface area is 119 Å². The van der Waals surface area contributed by atoms with Crippen molar-refractivity contribution in [3.8, 4) is 0 Å². The number of carbonyl (C=O) groups is 2. The van der Waals surface area contributed by atoms with Gasteiger partial charge in [0.15, 0.2) is 0 Å². The summed E-state index contributed by atoms with van der Waals surface area (Å²) in [6, 6.07) is 4.73. The summed E-state index contributed by atoms with van der Waals surface area (Å²) in [6.45, 7) is 0.271. The number of nitrogens with one attached hydrogen (secondary N) is 1. The van der Waals surface area contributed by atoms with Crippen LogP contribution in [0.4, 0.5) is 13.2 Å². The van der Waals surface area contributed by atoms with Gasteiger partial charge in [0.2, 0.25) is 5.91 Å². The van der Waals surface area contributed by atoms with Gasteiger partial charge in [-0.05, 0) is 30.5 Å². The molecule has 1 aromatic carbocycles. The van der Waals surface area contributed by atoms with Gasteiger partial charge in [0, 0.05) is 6.54 Å². The van der Waals surface area contributed by atoms with Gasteiger partial charge < -0.3 is 10.4 Å². The predicted octanol–water partition coefficient (Wildman–Crippen LogP) is 2.08. The van der Waals surface area contributed by atoms with E-state index in [1.807, 2.05) is 0 Å². The number of amides is 1. The molecular formula is C14H14F3NO3. The van der Waals surface area contributed by atoms with E-state index in [1.165, 1.54) is 12.1 Å². The molecule has 2 rings (SSSR count). The average molecular weight is 301 g/mol. The van der Waals surface area contributed by atoms with E-state index in [2.05, 4.69) is 5.32 Å². The molecular weight excluding hydrogens is 287 g/mol. The Morgan fingerprint density at radius 2 is 1.81 bits per heavy atom. The summed E-state index contributed by atoms with van der Waals surface area (Å²) < 4.78 is 37.1. The molecule has 0 saturated heterocycles. The number of carbonyl (C=O) groups excluding carboxylic acids is 1. The van der Waals surface area contributed by atoms with Crippen LogP contribution in [0.15, 0.2) is 24.3 Å². The summed E-state index contributed by atoms with van der Waals surface area (Å²) in [6.07, 6.45) is -3.61. The van der Waals surface area contributed by atoms with Crippen LogP contribution in [0.2, 0.25) is 0 Å². The maximum absolute atomic E-state index is 12.4. The average Bonchev–Trinajstić information content (AvgIpc) is 3.18. The van der Waals surface area contributed by atoms with Gasteiger partial charge in [0.25, 0.3) is 0 Å². The van der Waals surface area contributed by atoms with E-state index in [1.54, 1.807) is 0 Å². The molecule has 4 nitrogen and oxygen atoms in total. The lowest BCUT2D eigenvalue weighted by molar-refractivity contribution is -0.140. The van der Waals surface area contributed by atoms with Crippen LogP contribution in [0.3, 0.4) is 0 Å². The quantitative estimate of drug-likeness (QED) is 0.875. The molecule has 1 saturated carbocycles. The van der Waals surface area contributed by atoms with Crippen molar-refractivity contribution in [2.45, 2.75) is 19.0 Å². The molecule has 0 spiro atoms. The molecule has 0 unspecified atom stereocenters. The summed E-state index contributed by atoms with van der Waals surface area (Å²) in [5, 5.41) is 11.3. The maximum Gasteiger partial charge on any atom is 0.416 e. The van der Waals surface area contributed by atoms with Crippen molar-refractivity contribution >= 4 is 11.9 Å². The SMILES string of the molecule is O=C(O)[C@H]1C[C@H]1C(=O)NCCc1ccc(C(F)(F)F)cc1. The summed E-state index contributed by atoms with van der Waals surface area (Å²) in [4.78, 5) is 22.2. The molecule has 0 aromatic heterocycles. The van der Waals surface area contributed by atoms with Crippen LogP contribution in [0.5, 0.6) is 0 Å². The number of carboxylic acids is 1. The van der Waals surface area contributed by atoms with Crippen molar-refractivity contribution in [2.75, 3.05) is 6.54 Å². The summed E-state index contributed by atoms with van der Waals surface area (Å²) in [5.41, 5.74) is -0.0357. The number of rotatable bonds is 5. The molecule has 1 aliphatic rings. The maximum atomic E-state index is 12.4. The van der Waals surface area contributed by atoms with Crippen molar-refractivity contribution in [1.82, 2.24) is 5.32 Å². The van der Waals surface area contributed by atoms with Crippen LogP contribution >= 0.6 is 0 Å². The number of benzene rings is 1. The number of halogens is 3. The van der Waals surface area contributed by atoms with Gasteiger partial charge in [-0.2, -0.15) is 13.2 Å². The lowest BCUT2D eigenvalue weighted by Crippen LogP contribution is -2.28. The van der Waals surface area contributed by atoms with E-state index in [9.17, 15) is 22.8 Å². The smallest absolute Gasteiger partial charge is 0.416 e. The van der Waals surface area contributed by atoms with Crippen molar-refractivity contribution in [2.24, 2.45) is 11.8 Å². The highest BCUT2D eigenvalue weighted by Gasteiger charge is 2.48. The summed E-state index contributed by atoms with van der Waals surface area (Å²) in [7, 11) is 0. The molecule has 1 amide bonds. The Bertz CT molecular complexity index is 539. The lowest BCUT2D eigenvalue weighted by Gasteiger charge is -2.08. The van der Waals surface area contributed by atoms with Crippen molar-refractivity contribution in [1.29, 1.82) is 0 Å². The summed E-state index contributed by atoms with van der Waals surface area (Å²) in [5.74, 6) is -2.36. The van der Waals surface area contributed by atoms with Gasteiger partial charge in [-0.3, -0.25) is 9.59 Å². The standard InChI is InChI=1S/C14H14F3NO3/c15-14(16,17)9-3-1-8(2-4-9)5-6-18-12(19)10-7-11(10)13(20)21/h1-4,10-11H,5-7H2,(H,18,19)(H,20,21)/t10-,11+/m1/s1. The van der Waals surface area contributed by atoms with E-state index >= 15 is 0 Å². The van der Waals surface area contributed by atoms with E-state index in [0.717, 1.165) is 12.1 Å². The van der Waals surface area contributed by atoms with E-state index in [4.69, 9.17) is 5.11 Å². The van der Waals surface area contributed by atoms with Gasteiger partial charge in [-0.25, -0.2) is 0 Å². The first-order valence-corrected chi connectivity index (χ1v) is 6.45. The zero-order chi connectivity index (χ0) is 15.6. The number of alkyl halides is 3. The van der Waals surface area contributed by atoms with Gasteiger partial charge in [-0.15, -0.1) is 0 Å². The first-order valence-electron chi connectivity index (χ1n) is 6.45. The Balaban J connectivity index is 1.77. The molecule has 0 bridgehead atoms. The Morgan fingerprint density at radius 3 is 2.29 bits per heavy atom. The largest absolute Gasteiger partial charge is 0.481 e. The molecule has 0 aliphatic heterocycles. The normalized spacial score (nSPS) is 20.9. The number of hydrogen-bond donors (Lipinski definition) is 2. The third-order valence-electron chi connectivity index (χ3n) is 3.44. The van der Waals surface area contributed by atoms with Gasteiger partial charge in [0.05, 0.1) is 17.4 Å². The molecule has 0 radical (unpaired) electrons. The third kappa shape index (κ3) is 3.96. The van der Waals surface area contributed by atoms with Gasteiger partial charge in [0.1, 0.15) is 0 Å². The molecule has 7 heteroatoms. The topological polar surface area (TPSA) is 66.4 Å². The highest BCUT2D eigenvalue weighted by atomic mass is 19.4. The zero-order valence-electron chi connectivity index (χ0n) is 11.0. The van der Waals surface area contributed by atoms with Crippen molar-refractivity contribution in [3.63, 3.8) is 0 Å². The Hall–Kier alpha value is -2.05. The van der Waals surface area contributed by atoms with Gasteiger partial charge >= 0.3 is 12.1 Å². The fraction of sp³-hybridized carbons (Fsp3) is 0.429. The first kappa shape index (κ1) is 15.3. The van der Waals surface area contributed by atoms with Gasteiger partial charge in [-0.1, -0.05) is 12.1 Å². The molecule has 2 N–H and O–H groups in total. The number of carboxylic acid groups (broad SMARTS) is 1. The second kappa shape index (κ2) is 5.75. The molecule has 114 valence electrons. The minimum atomic E-state index is -4.36. The van der Waals surface area contributed by atoms with Crippen LogP contribution in [0.1, 0.15) is 17.5 Å². The fourth-order valence-electron chi connectivity index (χ4n) is 2.08. The van der Waals surface area contributed by atoms with Crippen LogP contribution in [0, 0.1) is 11.8 Å². The third-order valence-corrected chi connectivity index (χ3v) is 3.44. The second-order valence-corrected chi connectivity index (χ2v) is 5.02. The van der Waals surface area contributed by atoms with Crippen molar-refractivity contribution in [3.05, 3.63) is 35.4 Å². The van der Waals surface area contributed by atoms with Crippen LogP contribution in [0.25, 0.3) is 0 Å². The van der Waals surface area contributed by atoms with Crippen molar-refractivity contribution < 1.29 is 27.9 Å².